The lowest BCUT2D eigenvalue weighted by Crippen LogP contribution is -2.47. The van der Waals surface area contributed by atoms with Crippen LogP contribution in [0.25, 0.3) is 0 Å². The molecule has 1 atom stereocenters. The normalized spacial score (nSPS) is 22.6. The largest absolute Gasteiger partial charge is 0.490 e. The van der Waals surface area contributed by atoms with E-state index < -0.39 is 0 Å². The SMILES string of the molecule is O=C1NCCNC1c1cc(Br)c2c(c1)OCCCO2. The zero-order valence-corrected chi connectivity index (χ0v) is 12.0. The van der Waals surface area contributed by atoms with Crippen molar-refractivity contribution in [2.45, 2.75) is 12.5 Å². The van der Waals surface area contributed by atoms with Gasteiger partial charge < -0.3 is 20.1 Å². The summed E-state index contributed by atoms with van der Waals surface area (Å²) in [5, 5.41) is 6.06. The van der Waals surface area contributed by atoms with E-state index in [0.717, 1.165) is 28.8 Å². The van der Waals surface area contributed by atoms with Crippen molar-refractivity contribution in [3.05, 3.63) is 22.2 Å². The van der Waals surface area contributed by atoms with Gasteiger partial charge in [0, 0.05) is 19.5 Å². The second kappa shape index (κ2) is 5.38. The number of nitrogens with one attached hydrogen (secondary N) is 2. The topological polar surface area (TPSA) is 59.6 Å². The molecule has 2 N–H and O–H groups in total. The van der Waals surface area contributed by atoms with Crippen LogP contribution in [0.3, 0.4) is 0 Å². The third kappa shape index (κ3) is 2.55. The summed E-state index contributed by atoms with van der Waals surface area (Å²) in [5.74, 6) is 1.41. The first kappa shape index (κ1) is 12.7. The van der Waals surface area contributed by atoms with Gasteiger partial charge >= 0.3 is 0 Å². The van der Waals surface area contributed by atoms with Gasteiger partial charge in [0.15, 0.2) is 11.5 Å². The number of hydrogen-bond acceptors (Lipinski definition) is 4. The van der Waals surface area contributed by atoms with Crippen molar-refractivity contribution in [2.24, 2.45) is 0 Å². The summed E-state index contributed by atoms with van der Waals surface area (Å²) < 4.78 is 12.2. The fourth-order valence-electron chi connectivity index (χ4n) is 2.28. The van der Waals surface area contributed by atoms with Crippen LogP contribution in [0, 0.1) is 0 Å². The van der Waals surface area contributed by atoms with E-state index in [0.29, 0.717) is 25.5 Å². The fraction of sp³-hybridized carbons (Fsp3) is 0.462. The van der Waals surface area contributed by atoms with E-state index in [9.17, 15) is 4.79 Å². The van der Waals surface area contributed by atoms with Crippen LogP contribution >= 0.6 is 15.9 Å². The Bertz CT molecular complexity index is 507. The van der Waals surface area contributed by atoms with Crippen molar-refractivity contribution in [3.8, 4) is 11.5 Å². The highest BCUT2D eigenvalue weighted by molar-refractivity contribution is 9.10. The van der Waals surface area contributed by atoms with E-state index in [1.807, 2.05) is 12.1 Å². The molecule has 6 heteroatoms. The second-order valence-corrected chi connectivity index (χ2v) is 5.41. The molecule has 2 aliphatic rings. The van der Waals surface area contributed by atoms with E-state index in [1.54, 1.807) is 0 Å². The molecule has 2 heterocycles. The first-order valence-corrected chi connectivity index (χ1v) is 7.15. The van der Waals surface area contributed by atoms with E-state index in [-0.39, 0.29) is 11.9 Å². The number of hydrogen-bond donors (Lipinski definition) is 2. The third-order valence-corrected chi connectivity index (χ3v) is 3.78. The minimum Gasteiger partial charge on any atom is -0.490 e. The molecule has 1 aromatic rings. The Labute approximate surface area is 119 Å². The van der Waals surface area contributed by atoms with Crippen LogP contribution in [-0.2, 0) is 4.79 Å². The maximum Gasteiger partial charge on any atom is 0.241 e. The standard InChI is InChI=1S/C13H15BrN2O3/c14-9-6-8(11-13(17)16-3-2-15-11)7-10-12(9)19-5-1-4-18-10/h6-7,11,15H,1-5H2,(H,16,17). The maximum atomic E-state index is 11.9. The molecule has 1 amide bonds. The lowest BCUT2D eigenvalue weighted by Gasteiger charge is -2.24. The van der Waals surface area contributed by atoms with Crippen LogP contribution in [-0.4, -0.2) is 32.2 Å². The Balaban J connectivity index is 1.96. The number of rotatable bonds is 1. The average Bonchev–Trinajstić information content (AvgIpc) is 2.65. The van der Waals surface area contributed by atoms with Gasteiger partial charge in [-0.1, -0.05) is 0 Å². The number of ether oxygens (including phenoxy) is 2. The minimum absolute atomic E-state index is 0.00681. The lowest BCUT2D eigenvalue weighted by atomic mass is 10.0. The van der Waals surface area contributed by atoms with Gasteiger partial charge in [0.25, 0.3) is 0 Å². The highest BCUT2D eigenvalue weighted by Gasteiger charge is 2.26. The Morgan fingerprint density at radius 2 is 2.05 bits per heavy atom. The molecule has 2 aliphatic heterocycles. The van der Waals surface area contributed by atoms with E-state index in [2.05, 4.69) is 26.6 Å². The van der Waals surface area contributed by atoms with Crippen molar-refractivity contribution in [1.82, 2.24) is 10.6 Å². The van der Waals surface area contributed by atoms with Crippen LogP contribution in [0.15, 0.2) is 16.6 Å². The molecule has 0 bridgehead atoms. The van der Waals surface area contributed by atoms with Crippen molar-refractivity contribution < 1.29 is 14.3 Å². The van der Waals surface area contributed by atoms with Crippen molar-refractivity contribution in [2.75, 3.05) is 26.3 Å². The molecule has 1 fully saturated rings. The van der Waals surface area contributed by atoms with Gasteiger partial charge in [-0.25, -0.2) is 0 Å². The van der Waals surface area contributed by atoms with Crippen LogP contribution in [0.5, 0.6) is 11.5 Å². The molecule has 1 aromatic carbocycles. The first-order chi connectivity index (χ1) is 9.25. The smallest absolute Gasteiger partial charge is 0.241 e. The van der Waals surface area contributed by atoms with Gasteiger partial charge in [-0.2, -0.15) is 0 Å². The summed E-state index contributed by atoms with van der Waals surface area (Å²) in [6.45, 7) is 2.71. The predicted molar refractivity (Wildman–Crippen MR) is 73.5 cm³/mol. The first-order valence-electron chi connectivity index (χ1n) is 6.36. The molecule has 0 aliphatic carbocycles. The molecule has 1 unspecified atom stereocenters. The minimum atomic E-state index is -0.331. The number of benzene rings is 1. The van der Waals surface area contributed by atoms with E-state index in [1.165, 1.54) is 0 Å². The Morgan fingerprint density at radius 3 is 2.89 bits per heavy atom. The van der Waals surface area contributed by atoms with Gasteiger partial charge in [0.2, 0.25) is 5.91 Å². The summed E-state index contributed by atoms with van der Waals surface area (Å²) in [4.78, 5) is 11.9. The monoisotopic (exact) mass is 326 g/mol. The summed E-state index contributed by atoms with van der Waals surface area (Å²) in [5.41, 5.74) is 0.883. The molecule has 0 saturated carbocycles. The Kier molecular flexibility index (Phi) is 3.61. The predicted octanol–water partition coefficient (Wildman–Crippen LogP) is 1.37. The zero-order valence-electron chi connectivity index (χ0n) is 10.4. The molecule has 0 spiro atoms. The van der Waals surface area contributed by atoms with Crippen molar-refractivity contribution >= 4 is 21.8 Å². The molecule has 0 aromatic heterocycles. The molecule has 102 valence electrons. The molecule has 3 rings (SSSR count). The lowest BCUT2D eigenvalue weighted by molar-refractivity contribution is -0.124. The summed E-state index contributed by atoms with van der Waals surface area (Å²) >= 11 is 3.49. The molecule has 1 saturated heterocycles. The van der Waals surface area contributed by atoms with Crippen LogP contribution in [0.4, 0.5) is 0 Å². The quantitative estimate of drug-likeness (QED) is 0.818. The third-order valence-electron chi connectivity index (χ3n) is 3.19. The fourth-order valence-corrected chi connectivity index (χ4v) is 2.86. The van der Waals surface area contributed by atoms with Gasteiger partial charge in [-0.05, 0) is 33.6 Å². The number of fused-ring (bicyclic) bond motifs is 1. The Morgan fingerprint density at radius 1 is 1.21 bits per heavy atom. The second-order valence-electron chi connectivity index (χ2n) is 4.56. The van der Waals surface area contributed by atoms with Gasteiger partial charge in [-0.3, -0.25) is 4.79 Å². The summed E-state index contributed by atoms with van der Waals surface area (Å²) in [6, 6.07) is 3.46. The average molecular weight is 327 g/mol. The highest BCUT2D eigenvalue weighted by atomic mass is 79.9. The molecule has 19 heavy (non-hydrogen) atoms. The number of carbonyl (C=O) groups is 1. The van der Waals surface area contributed by atoms with Gasteiger partial charge in [0.1, 0.15) is 6.04 Å². The van der Waals surface area contributed by atoms with Gasteiger partial charge in [0.05, 0.1) is 17.7 Å². The van der Waals surface area contributed by atoms with Crippen LogP contribution in [0.2, 0.25) is 0 Å². The summed E-state index contributed by atoms with van der Waals surface area (Å²) in [6.07, 6.45) is 0.860. The van der Waals surface area contributed by atoms with Crippen molar-refractivity contribution in [3.63, 3.8) is 0 Å². The molecule has 5 nitrogen and oxygen atoms in total. The highest BCUT2D eigenvalue weighted by Crippen LogP contribution is 2.39. The molecule has 0 radical (unpaired) electrons. The number of halogens is 1. The maximum absolute atomic E-state index is 11.9. The van der Waals surface area contributed by atoms with Crippen molar-refractivity contribution in [1.29, 1.82) is 0 Å². The Hall–Kier alpha value is -1.27. The van der Waals surface area contributed by atoms with Crippen LogP contribution in [0.1, 0.15) is 18.0 Å². The van der Waals surface area contributed by atoms with Crippen LogP contribution < -0.4 is 20.1 Å². The number of amides is 1. The van der Waals surface area contributed by atoms with E-state index >= 15 is 0 Å². The number of piperazine rings is 1. The zero-order chi connectivity index (χ0) is 13.2. The molecular weight excluding hydrogens is 312 g/mol. The summed E-state index contributed by atoms with van der Waals surface area (Å²) in [7, 11) is 0. The molecular formula is C13H15BrN2O3. The van der Waals surface area contributed by atoms with E-state index in [4.69, 9.17) is 9.47 Å². The van der Waals surface area contributed by atoms with Gasteiger partial charge in [-0.15, -0.1) is 0 Å². The number of carbonyl (C=O) groups excluding carboxylic acids is 1.